The van der Waals surface area contributed by atoms with Crippen molar-refractivity contribution in [3.05, 3.63) is 34.9 Å². The SMILES string of the molecule is COCOCC(=O)Cc1ccccc1Cl. The number of hydrogen-bond acceptors (Lipinski definition) is 3. The first-order chi connectivity index (χ1) is 7.24. The molecule has 82 valence electrons. The van der Waals surface area contributed by atoms with E-state index in [0.717, 1.165) is 5.56 Å². The van der Waals surface area contributed by atoms with E-state index < -0.39 is 0 Å². The predicted octanol–water partition coefficient (Wildman–Crippen LogP) is 2.07. The van der Waals surface area contributed by atoms with Crippen LogP contribution in [0.4, 0.5) is 0 Å². The number of methoxy groups -OCH3 is 1. The molecule has 15 heavy (non-hydrogen) atoms. The van der Waals surface area contributed by atoms with E-state index in [1.165, 1.54) is 7.11 Å². The third kappa shape index (κ3) is 4.42. The van der Waals surface area contributed by atoms with Crippen LogP contribution < -0.4 is 0 Å². The van der Waals surface area contributed by atoms with E-state index in [9.17, 15) is 4.79 Å². The predicted molar refractivity (Wildman–Crippen MR) is 58.0 cm³/mol. The molecule has 1 aromatic rings. The Kier molecular flexibility index (Phi) is 5.32. The number of Topliss-reactive ketones (excluding diaryl/α,β-unsaturated/α-hetero) is 1. The lowest BCUT2D eigenvalue weighted by Crippen LogP contribution is -2.12. The molecule has 0 aromatic heterocycles. The maximum atomic E-state index is 11.4. The highest BCUT2D eigenvalue weighted by Gasteiger charge is 2.06. The van der Waals surface area contributed by atoms with Gasteiger partial charge >= 0.3 is 0 Å². The summed E-state index contributed by atoms with van der Waals surface area (Å²) in [6.07, 6.45) is 0.295. The van der Waals surface area contributed by atoms with Crippen molar-refractivity contribution in [2.75, 3.05) is 20.5 Å². The Morgan fingerprint density at radius 3 is 2.80 bits per heavy atom. The Morgan fingerprint density at radius 1 is 1.40 bits per heavy atom. The molecular weight excluding hydrogens is 216 g/mol. The molecule has 0 aliphatic carbocycles. The number of carbonyl (C=O) groups is 1. The van der Waals surface area contributed by atoms with Gasteiger partial charge in [-0.2, -0.15) is 0 Å². The van der Waals surface area contributed by atoms with Gasteiger partial charge in [-0.3, -0.25) is 4.79 Å². The zero-order valence-electron chi connectivity index (χ0n) is 8.53. The van der Waals surface area contributed by atoms with Gasteiger partial charge in [-0.05, 0) is 11.6 Å². The first kappa shape index (κ1) is 12.2. The molecule has 0 aliphatic heterocycles. The second-order valence-electron chi connectivity index (χ2n) is 3.06. The van der Waals surface area contributed by atoms with E-state index in [-0.39, 0.29) is 19.2 Å². The van der Waals surface area contributed by atoms with Crippen molar-refractivity contribution in [1.82, 2.24) is 0 Å². The average Bonchev–Trinajstić information content (AvgIpc) is 2.22. The molecule has 0 radical (unpaired) electrons. The highest BCUT2D eigenvalue weighted by Crippen LogP contribution is 2.15. The summed E-state index contributed by atoms with van der Waals surface area (Å²) in [4.78, 5) is 11.4. The number of carbonyl (C=O) groups excluding carboxylic acids is 1. The smallest absolute Gasteiger partial charge is 0.162 e. The Balaban J connectivity index is 2.41. The van der Waals surface area contributed by atoms with Gasteiger partial charge in [-0.25, -0.2) is 0 Å². The summed E-state index contributed by atoms with van der Waals surface area (Å²) < 4.78 is 9.61. The highest BCUT2D eigenvalue weighted by molar-refractivity contribution is 6.31. The summed E-state index contributed by atoms with van der Waals surface area (Å²) in [7, 11) is 1.51. The minimum Gasteiger partial charge on any atom is -0.359 e. The molecule has 0 saturated carbocycles. The van der Waals surface area contributed by atoms with Crippen molar-refractivity contribution in [3.8, 4) is 0 Å². The molecule has 0 unspecified atom stereocenters. The normalized spacial score (nSPS) is 10.3. The third-order valence-corrected chi connectivity index (χ3v) is 2.18. The van der Waals surface area contributed by atoms with Crippen LogP contribution in [-0.2, 0) is 20.7 Å². The van der Waals surface area contributed by atoms with Gasteiger partial charge in [-0.15, -0.1) is 0 Å². The van der Waals surface area contributed by atoms with Crippen LogP contribution in [0.2, 0.25) is 5.02 Å². The number of ether oxygens (including phenoxy) is 2. The molecule has 0 saturated heterocycles. The molecule has 0 spiro atoms. The molecule has 0 N–H and O–H groups in total. The topological polar surface area (TPSA) is 35.5 Å². The van der Waals surface area contributed by atoms with E-state index in [0.29, 0.717) is 11.4 Å². The van der Waals surface area contributed by atoms with Crippen LogP contribution in [0.15, 0.2) is 24.3 Å². The van der Waals surface area contributed by atoms with Gasteiger partial charge in [0.2, 0.25) is 0 Å². The van der Waals surface area contributed by atoms with Gasteiger partial charge in [0.1, 0.15) is 13.4 Å². The number of benzene rings is 1. The third-order valence-electron chi connectivity index (χ3n) is 1.81. The van der Waals surface area contributed by atoms with Crippen LogP contribution >= 0.6 is 11.6 Å². The lowest BCUT2D eigenvalue weighted by molar-refractivity contribution is -0.127. The molecule has 3 nitrogen and oxygen atoms in total. The summed E-state index contributed by atoms with van der Waals surface area (Å²) in [6, 6.07) is 7.28. The Labute approximate surface area is 93.9 Å². The monoisotopic (exact) mass is 228 g/mol. The van der Waals surface area contributed by atoms with Gasteiger partial charge in [0.15, 0.2) is 5.78 Å². The van der Waals surface area contributed by atoms with Gasteiger partial charge in [0.05, 0.1) is 0 Å². The molecule has 0 fully saturated rings. The van der Waals surface area contributed by atoms with Crippen molar-refractivity contribution >= 4 is 17.4 Å². The Bertz CT molecular complexity index is 325. The fraction of sp³-hybridized carbons (Fsp3) is 0.364. The van der Waals surface area contributed by atoms with Crippen molar-refractivity contribution in [2.24, 2.45) is 0 Å². The van der Waals surface area contributed by atoms with Gasteiger partial charge in [-0.1, -0.05) is 29.8 Å². The van der Waals surface area contributed by atoms with E-state index in [1.807, 2.05) is 18.2 Å². The Hall–Kier alpha value is -0.900. The zero-order chi connectivity index (χ0) is 11.1. The number of ketones is 1. The number of rotatable bonds is 6. The first-order valence-electron chi connectivity index (χ1n) is 4.56. The standard InChI is InChI=1S/C11H13ClO3/c1-14-8-15-7-10(13)6-9-4-2-3-5-11(9)12/h2-5H,6-8H2,1H3. The quantitative estimate of drug-likeness (QED) is 0.552. The maximum absolute atomic E-state index is 11.4. The van der Waals surface area contributed by atoms with E-state index >= 15 is 0 Å². The lowest BCUT2D eigenvalue weighted by atomic mass is 10.1. The van der Waals surface area contributed by atoms with Crippen molar-refractivity contribution in [2.45, 2.75) is 6.42 Å². The lowest BCUT2D eigenvalue weighted by Gasteiger charge is -2.04. The van der Waals surface area contributed by atoms with E-state index in [1.54, 1.807) is 6.07 Å². The number of hydrogen-bond donors (Lipinski definition) is 0. The number of halogens is 1. The first-order valence-corrected chi connectivity index (χ1v) is 4.93. The van der Waals surface area contributed by atoms with E-state index in [4.69, 9.17) is 16.3 Å². The molecule has 0 atom stereocenters. The molecule has 4 heteroatoms. The summed E-state index contributed by atoms with van der Waals surface area (Å²) in [5, 5.41) is 0.609. The van der Waals surface area contributed by atoms with Crippen LogP contribution in [0, 0.1) is 0 Å². The average molecular weight is 229 g/mol. The van der Waals surface area contributed by atoms with Crippen molar-refractivity contribution in [1.29, 1.82) is 0 Å². The van der Waals surface area contributed by atoms with Gasteiger partial charge in [0.25, 0.3) is 0 Å². The van der Waals surface area contributed by atoms with Gasteiger partial charge < -0.3 is 9.47 Å². The summed E-state index contributed by atoms with van der Waals surface area (Å²) in [6.45, 7) is 0.188. The fourth-order valence-corrected chi connectivity index (χ4v) is 1.35. The second kappa shape index (κ2) is 6.56. The molecule has 0 bridgehead atoms. The van der Waals surface area contributed by atoms with Crippen LogP contribution in [-0.4, -0.2) is 26.3 Å². The summed E-state index contributed by atoms with van der Waals surface area (Å²) in [5.74, 6) is -0.0137. The van der Waals surface area contributed by atoms with Crippen molar-refractivity contribution < 1.29 is 14.3 Å². The summed E-state index contributed by atoms with van der Waals surface area (Å²) in [5.41, 5.74) is 0.824. The molecule has 0 aliphatic rings. The molecule has 0 amide bonds. The molecular formula is C11H13ClO3. The van der Waals surface area contributed by atoms with E-state index in [2.05, 4.69) is 4.74 Å². The molecule has 1 aromatic carbocycles. The maximum Gasteiger partial charge on any atom is 0.162 e. The largest absolute Gasteiger partial charge is 0.359 e. The van der Waals surface area contributed by atoms with Crippen LogP contribution in [0.25, 0.3) is 0 Å². The minimum absolute atomic E-state index is 0.0137. The van der Waals surface area contributed by atoms with Gasteiger partial charge in [0, 0.05) is 18.6 Å². The second-order valence-corrected chi connectivity index (χ2v) is 3.47. The summed E-state index contributed by atoms with van der Waals surface area (Å²) >= 11 is 5.91. The zero-order valence-corrected chi connectivity index (χ0v) is 9.29. The molecule has 0 heterocycles. The van der Waals surface area contributed by atoms with Crippen molar-refractivity contribution in [3.63, 3.8) is 0 Å². The Morgan fingerprint density at radius 2 is 2.13 bits per heavy atom. The van der Waals surface area contributed by atoms with Crippen LogP contribution in [0.3, 0.4) is 0 Å². The minimum atomic E-state index is -0.0137. The molecule has 1 rings (SSSR count). The van der Waals surface area contributed by atoms with Crippen LogP contribution in [0.5, 0.6) is 0 Å². The fourth-order valence-electron chi connectivity index (χ4n) is 1.14. The highest BCUT2D eigenvalue weighted by atomic mass is 35.5. The van der Waals surface area contributed by atoms with Crippen LogP contribution in [0.1, 0.15) is 5.56 Å².